The summed E-state index contributed by atoms with van der Waals surface area (Å²) >= 11 is 0. The van der Waals surface area contributed by atoms with Gasteiger partial charge in [-0.1, -0.05) is 110 Å². The van der Waals surface area contributed by atoms with E-state index in [0.717, 1.165) is 98.4 Å². The summed E-state index contributed by atoms with van der Waals surface area (Å²) in [5, 5.41) is 0. The van der Waals surface area contributed by atoms with Gasteiger partial charge in [-0.2, -0.15) is 0 Å². The normalized spacial score (nSPS) is 11.2. The third-order valence-electron chi connectivity index (χ3n) is 7.86. The minimum atomic E-state index is 0. The Labute approximate surface area is 311 Å². The van der Waals surface area contributed by atoms with Crippen LogP contribution in [0.1, 0.15) is 139 Å². The van der Waals surface area contributed by atoms with Gasteiger partial charge in [0.1, 0.15) is 0 Å². The van der Waals surface area contributed by atoms with Crippen LogP contribution in [0.3, 0.4) is 0 Å². The molecule has 252 valence electrons. The Bertz CT molecular complexity index is 1230. The molecule has 0 aliphatic rings. The molecule has 1 heterocycles. The summed E-state index contributed by atoms with van der Waals surface area (Å²) in [6.45, 7) is 17.8. The summed E-state index contributed by atoms with van der Waals surface area (Å²) in [7, 11) is 0. The van der Waals surface area contributed by atoms with Crippen LogP contribution < -0.4 is 37.2 Å². The standard InChI is InChI=1S/C39H55N3.3ClH.V/c1-9-16-30-24-32(18-11-3)38(33(25-30)19-12-4)40-28(7)36-22-15-23-37(42-36)29(8)41-39-34(20-13-5)26-31(17-10-2)27-35(39)21-14-6;;;;/h15,22-27H,9-14,16-21H2,1-8H3;3*1H;/q;;;;+3/p-3. The van der Waals surface area contributed by atoms with Gasteiger partial charge in [0.2, 0.25) is 0 Å². The second-order valence-corrected chi connectivity index (χ2v) is 11.8. The van der Waals surface area contributed by atoms with Crippen LogP contribution in [0.2, 0.25) is 0 Å². The molecule has 0 amide bonds. The summed E-state index contributed by atoms with van der Waals surface area (Å²) in [4.78, 5) is 15.6. The number of rotatable bonds is 16. The van der Waals surface area contributed by atoms with Crippen molar-refractivity contribution >= 4 is 22.8 Å². The molecule has 7 heteroatoms. The van der Waals surface area contributed by atoms with Crippen molar-refractivity contribution < 1.29 is 55.8 Å². The van der Waals surface area contributed by atoms with E-state index < -0.39 is 0 Å². The average molecular weight is 723 g/mol. The Morgan fingerprint density at radius 1 is 0.500 bits per heavy atom. The van der Waals surface area contributed by atoms with Gasteiger partial charge in [-0.05, 0) is 97.9 Å². The predicted molar refractivity (Wildman–Crippen MR) is 185 cm³/mol. The number of nitrogens with zero attached hydrogens (tertiary/aromatic N) is 3. The van der Waals surface area contributed by atoms with Gasteiger partial charge in [0.15, 0.2) is 0 Å². The first-order valence-corrected chi connectivity index (χ1v) is 16.8. The van der Waals surface area contributed by atoms with Crippen molar-refractivity contribution in [3.05, 3.63) is 87.2 Å². The zero-order chi connectivity index (χ0) is 30.5. The fourth-order valence-corrected chi connectivity index (χ4v) is 5.94. The van der Waals surface area contributed by atoms with Crippen LogP contribution in [0.15, 0.2) is 52.4 Å². The number of aliphatic imine (C=N–C) groups is 2. The minimum absolute atomic E-state index is 0. The number of hydrogen-bond donors (Lipinski definition) is 0. The molecule has 1 aromatic heterocycles. The molecule has 0 aliphatic heterocycles. The zero-order valence-corrected chi connectivity index (χ0v) is 33.1. The molecular formula is C39H55Cl3N3V. The third kappa shape index (κ3) is 13.1. The molecule has 0 atom stereocenters. The van der Waals surface area contributed by atoms with Gasteiger partial charge in [-0.3, -0.25) is 9.98 Å². The molecule has 0 spiro atoms. The molecule has 2 aromatic carbocycles. The minimum Gasteiger partial charge on any atom is -1.00 e. The average Bonchev–Trinajstić information content (AvgIpc) is 2.97. The molecule has 46 heavy (non-hydrogen) atoms. The molecule has 0 fully saturated rings. The second kappa shape index (κ2) is 24.5. The molecule has 0 saturated carbocycles. The molecule has 0 aliphatic carbocycles. The number of aryl methyl sites for hydroxylation is 6. The summed E-state index contributed by atoms with van der Waals surface area (Å²) in [5.74, 6) is 0. The Morgan fingerprint density at radius 2 is 0.783 bits per heavy atom. The number of hydrogen-bond acceptors (Lipinski definition) is 3. The van der Waals surface area contributed by atoms with E-state index in [1.807, 2.05) is 0 Å². The molecule has 0 radical (unpaired) electrons. The number of benzene rings is 2. The SMILES string of the molecule is CCCc1cc(CCC)c(N=C(C)c2cccc(C(C)=Nc3c(CCC)cc(CCC)cc3CCC)n2)c(CCC)c1.[Cl-].[Cl-].[Cl-].[V+3]. The van der Waals surface area contributed by atoms with E-state index in [1.54, 1.807) is 0 Å². The van der Waals surface area contributed by atoms with Crippen molar-refractivity contribution in [3.63, 3.8) is 0 Å². The van der Waals surface area contributed by atoms with Crippen molar-refractivity contribution in [1.82, 2.24) is 4.98 Å². The maximum absolute atomic E-state index is 5.27. The number of halogens is 3. The first-order chi connectivity index (χ1) is 20.4. The van der Waals surface area contributed by atoms with E-state index in [9.17, 15) is 0 Å². The van der Waals surface area contributed by atoms with Gasteiger partial charge in [0, 0.05) is 0 Å². The quantitative estimate of drug-likeness (QED) is 0.209. The molecule has 3 nitrogen and oxygen atoms in total. The summed E-state index contributed by atoms with van der Waals surface area (Å²) in [5.41, 5.74) is 14.5. The summed E-state index contributed by atoms with van der Waals surface area (Å²) in [6, 6.07) is 15.9. The second-order valence-electron chi connectivity index (χ2n) is 11.8. The monoisotopic (exact) mass is 721 g/mol. The van der Waals surface area contributed by atoms with Gasteiger partial charge in [0.25, 0.3) is 0 Å². The van der Waals surface area contributed by atoms with Crippen LogP contribution in [0, 0.1) is 0 Å². The summed E-state index contributed by atoms with van der Waals surface area (Å²) < 4.78 is 0. The topological polar surface area (TPSA) is 37.6 Å². The van der Waals surface area contributed by atoms with Crippen LogP contribution in [-0.4, -0.2) is 16.4 Å². The molecule has 0 bridgehead atoms. The van der Waals surface area contributed by atoms with Crippen LogP contribution in [0.25, 0.3) is 0 Å². The van der Waals surface area contributed by atoms with Crippen molar-refractivity contribution in [2.24, 2.45) is 9.98 Å². The van der Waals surface area contributed by atoms with Gasteiger partial charge < -0.3 is 37.2 Å². The van der Waals surface area contributed by atoms with Crippen molar-refractivity contribution in [3.8, 4) is 0 Å². The molecule has 0 saturated heterocycles. The van der Waals surface area contributed by atoms with E-state index in [2.05, 4.69) is 97.9 Å². The third-order valence-corrected chi connectivity index (χ3v) is 7.86. The molecule has 0 unspecified atom stereocenters. The van der Waals surface area contributed by atoms with Gasteiger partial charge in [-0.15, -0.1) is 0 Å². The van der Waals surface area contributed by atoms with Crippen LogP contribution >= 0.6 is 0 Å². The van der Waals surface area contributed by atoms with Crippen LogP contribution in [-0.2, 0) is 57.1 Å². The molecular weight excluding hydrogens is 668 g/mol. The maximum atomic E-state index is 5.27. The van der Waals surface area contributed by atoms with Crippen molar-refractivity contribution in [2.75, 3.05) is 0 Å². The Kier molecular flexibility index (Phi) is 24.8. The smallest absolute Gasteiger partial charge is 1.00 e. The van der Waals surface area contributed by atoms with Gasteiger partial charge in [-0.25, -0.2) is 4.98 Å². The van der Waals surface area contributed by atoms with Gasteiger partial charge >= 0.3 is 18.6 Å². The van der Waals surface area contributed by atoms with Crippen LogP contribution in [0.5, 0.6) is 0 Å². The first kappa shape index (κ1) is 46.5. The van der Waals surface area contributed by atoms with E-state index in [4.69, 9.17) is 15.0 Å². The van der Waals surface area contributed by atoms with Crippen molar-refractivity contribution in [1.29, 1.82) is 0 Å². The fraction of sp³-hybridized carbons (Fsp3) is 0.513. The Balaban J connectivity index is 0. The predicted octanol–water partition coefficient (Wildman–Crippen LogP) is 2.09. The zero-order valence-electron chi connectivity index (χ0n) is 29.4. The van der Waals surface area contributed by atoms with E-state index in [0.29, 0.717) is 0 Å². The molecule has 0 N–H and O–H groups in total. The molecule has 3 aromatic rings. The van der Waals surface area contributed by atoms with E-state index >= 15 is 0 Å². The number of pyridine rings is 1. The Hall–Kier alpha value is -1.62. The Morgan fingerprint density at radius 3 is 1.04 bits per heavy atom. The first-order valence-electron chi connectivity index (χ1n) is 16.8. The van der Waals surface area contributed by atoms with E-state index in [1.165, 1.54) is 46.2 Å². The van der Waals surface area contributed by atoms with E-state index in [-0.39, 0.29) is 55.8 Å². The van der Waals surface area contributed by atoms with Gasteiger partial charge in [0.05, 0.1) is 34.2 Å². The maximum Gasteiger partial charge on any atom is 3.00 e. The van der Waals surface area contributed by atoms with Crippen molar-refractivity contribution in [2.45, 2.75) is 132 Å². The largest absolute Gasteiger partial charge is 3.00 e. The molecule has 3 rings (SSSR count). The summed E-state index contributed by atoms with van der Waals surface area (Å²) in [6.07, 6.45) is 13.3. The number of aromatic nitrogens is 1. The fourth-order valence-electron chi connectivity index (χ4n) is 5.94. The van der Waals surface area contributed by atoms with Crippen LogP contribution in [0.4, 0.5) is 11.4 Å².